The van der Waals surface area contributed by atoms with Crippen LogP contribution in [-0.4, -0.2) is 69.5 Å². The number of carbonyl (C=O) groups excluding carboxylic acids is 1. The zero-order chi connectivity index (χ0) is 22.9. The molecule has 2 aromatic carbocycles. The number of hydrogen-bond acceptors (Lipinski definition) is 6. The van der Waals surface area contributed by atoms with Crippen LogP contribution in [0.1, 0.15) is 16.7 Å². The Bertz CT molecular complexity index is 1100. The smallest absolute Gasteiger partial charge is 0.243 e. The quantitative estimate of drug-likeness (QED) is 0.738. The molecule has 1 N–H and O–H groups in total. The molecule has 2 aliphatic heterocycles. The lowest BCUT2D eigenvalue weighted by molar-refractivity contribution is -0.117. The van der Waals surface area contributed by atoms with Gasteiger partial charge in [-0.3, -0.25) is 9.69 Å². The molecule has 1 saturated heterocycles. The minimum atomic E-state index is -3.64. The molecule has 0 spiro atoms. The van der Waals surface area contributed by atoms with Crippen LogP contribution in [0.2, 0.25) is 0 Å². The third kappa shape index (κ3) is 4.74. The summed E-state index contributed by atoms with van der Waals surface area (Å²) in [6.07, 6.45) is 0. The average molecular weight is 460 g/mol. The van der Waals surface area contributed by atoms with Crippen LogP contribution >= 0.6 is 0 Å². The van der Waals surface area contributed by atoms with Gasteiger partial charge in [-0.1, -0.05) is 17.7 Å². The average Bonchev–Trinajstić information content (AvgIpc) is 2.76. The Kier molecular flexibility index (Phi) is 6.41. The molecule has 1 fully saturated rings. The predicted octanol–water partition coefficient (Wildman–Crippen LogP) is 2.33. The molecule has 2 aromatic rings. The number of sulfonamides is 1. The largest absolute Gasteiger partial charge is 0.486 e. The molecule has 8 nitrogen and oxygen atoms in total. The van der Waals surface area contributed by atoms with Gasteiger partial charge in [0.2, 0.25) is 15.9 Å². The van der Waals surface area contributed by atoms with Gasteiger partial charge in [-0.15, -0.1) is 0 Å². The number of amides is 1. The molecule has 0 saturated carbocycles. The molecule has 0 aliphatic carbocycles. The van der Waals surface area contributed by atoms with Gasteiger partial charge < -0.3 is 14.8 Å². The van der Waals surface area contributed by atoms with E-state index in [9.17, 15) is 13.2 Å². The van der Waals surface area contributed by atoms with E-state index in [2.05, 4.69) is 5.32 Å². The molecular weight excluding hydrogens is 430 g/mol. The number of carbonyl (C=O) groups is 1. The molecular formula is C23H29N3O5S. The maximum atomic E-state index is 13.1. The van der Waals surface area contributed by atoms with Crippen molar-refractivity contribution in [3.63, 3.8) is 0 Å². The Morgan fingerprint density at radius 3 is 2.22 bits per heavy atom. The van der Waals surface area contributed by atoms with Gasteiger partial charge in [0.15, 0.2) is 11.5 Å². The molecule has 0 unspecified atom stereocenters. The maximum Gasteiger partial charge on any atom is 0.243 e. The van der Waals surface area contributed by atoms with E-state index in [0.717, 1.165) is 22.4 Å². The van der Waals surface area contributed by atoms with Gasteiger partial charge in [-0.05, 0) is 44.0 Å². The van der Waals surface area contributed by atoms with Crippen molar-refractivity contribution in [2.75, 3.05) is 51.3 Å². The van der Waals surface area contributed by atoms with E-state index in [-0.39, 0.29) is 17.3 Å². The van der Waals surface area contributed by atoms with Crippen LogP contribution in [0.3, 0.4) is 0 Å². The van der Waals surface area contributed by atoms with Crippen LogP contribution in [0.5, 0.6) is 11.5 Å². The van der Waals surface area contributed by atoms with E-state index in [0.29, 0.717) is 50.9 Å². The summed E-state index contributed by atoms with van der Waals surface area (Å²) in [5, 5.41) is 3.01. The Hall–Kier alpha value is -2.62. The van der Waals surface area contributed by atoms with Crippen molar-refractivity contribution in [2.45, 2.75) is 25.7 Å². The first-order valence-corrected chi connectivity index (χ1v) is 12.2. The van der Waals surface area contributed by atoms with Gasteiger partial charge in [0.1, 0.15) is 13.2 Å². The Morgan fingerprint density at radius 1 is 0.938 bits per heavy atom. The molecule has 172 valence electrons. The fourth-order valence-corrected chi connectivity index (χ4v) is 5.66. The number of anilines is 1. The van der Waals surface area contributed by atoms with Crippen molar-refractivity contribution < 1.29 is 22.7 Å². The van der Waals surface area contributed by atoms with Crippen molar-refractivity contribution >= 4 is 21.6 Å². The Labute approximate surface area is 189 Å². The first kappa shape index (κ1) is 22.6. The highest BCUT2D eigenvalue weighted by molar-refractivity contribution is 7.89. The second kappa shape index (κ2) is 9.09. The fraction of sp³-hybridized carbons (Fsp3) is 0.435. The minimum Gasteiger partial charge on any atom is -0.486 e. The summed E-state index contributed by atoms with van der Waals surface area (Å²) in [5.74, 6) is 0.919. The fourth-order valence-electron chi connectivity index (χ4n) is 4.22. The first-order valence-electron chi connectivity index (χ1n) is 10.7. The van der Waals surface area contributed by atoms with Crippen LogP contribution in [0, 0.1) is 20.8 Å². The van der Waals surface area contributed by atoms with Crippen molar-refractivity contribution in [2.24, 2.45) is 0 Å². The van der Waals surface area contributed by atoms with Gasteiger partial charge in [0.25, 0.3) is 0 Å². The van der Waals surface area contributed by atoms with E-state index >= 15 is 0 Å². The number of benzene rings is 2. The van der Waals surface area contributed by atoms with E-state index in [1.807, 2.05) is 37.8 Å². The zero-order valence-corrected chi connectivity index (χ0v) is 19.5. The van der Waals surface area contributed by atoms with E-state index in [4.69, 9.17) is 9.47 Å². The summed E-state index contributed by atoms with van der Waals surface area (Å²) in [5.41, 5.74) is 4.08. The monoisotopic (exact) mass is 459 g/mol. The summed E-state index contributed by atoms with van der Waals surface area (Å²) in [7, 11) is -3.64. The van der Waals surface area contributed by atoms with Crippen LogP contribution in [0.15, 0.2) is 35.2 Å². The summed E-state index contributed by atoms with van der Waals surface area (Å²) in [6.45, 7) is 8.71. The summed E-state index contributed by atoms with van der Waals surface area (Å²) in [6, 6.07) is 8.80. The van der Waals surface area contributed by atoms with Gasteiger partial charge in [0.05, 0.1) is 11.4 Å². The van der Waals surface area contributed by atoms with Crippen LogP contribution < -0.4 is 14.8 Å². The van der Waals surface area contributed by atoms with Crippen molar-refractivity contribution in [3.05, 3.63) is 47.0 Å². The molecule has 0 radical (unpaired) electrons. The highest BCUT2D eigenvalue weighted by Gasteiger charge is 2.30. The van der Waals surface area contributed by atoms with Crippen molar-refractivity contribution in [3.8, 4) is 11.5 Å². The second-order valence-corrected chi connectivity index (χ2v) is 10.2. The third-order valence-electron chi connectivity index (χ3n) is 5.79. The number of nitrogens with zero attached hydrogens (tertiary/aromatic N) is 2. The molecule has 2 aliphatic rings. The zero-order valence-electron chi connectivity index (χ0n) is 18.7. The van der Waals surface area contributed by atoms with Gasteiger partial charge in [-0.2, -0.15) is 4.31 Å². The molecule has 32 heavy (non-hydrogen) atoms. The van der Waals surface area contributed by atoms with Crippen LogP contribution in [0.4, 0.5) is 5.69 Å². The molecule has 0 bridgehead atoms. The number of fused-ring (bicyclic) bond motifs is 1. The highest BCUT2D eigenvalue weighted by atomic mass is 32.2. The molecule has 0 atom stereocenters. The molecule has 1 amide bonds. The lowest BCUT2D eigenvalue weighted by Gasteiger charge is -2.33. The topological polar surface area (TPSA) is 88.2 Å². The summed E-state index contributed by atoms with van der Waals surface area (Å²) in [4.78, 5) is 14.8. The standard InChI is InChI=1S/C23H29N3O5S/c1-16-12-17(2)23(18(3)13-16)24-22(27)15-25-6-8-26(9-7-25)32(28,29)19-4-5-20-21(14-19)31-11-10-30-20/h4-5,12-14H,6-11,15H2,1-3H3,(H,24,27). The molecule has 0 aromatic heterocycles. The SMILES string of the molecule is Cc1cc(C)c(NC(=O)CN2CCN(S(=O)(=O)c3ccc4c(c3)OCCO4)CC2)c(C)c1. The highest BCUT2D eigenvalue weighted by Crippen LogP contribution is 2.33. The second-order valence-electron chi connectivity index (χ2n) is 8.31. The van der Waals surface area contributed by atoms with Crippen LogP contribution in [-0.2, 0) is 14.8 Å². The van der Waals surface area contributed by atoms with Gasteiger partial charge >= 0.3 is 0 Å². The lowest BCUT2D eigenvalue weighted by Crippen LogP contribution is -2.50. The predicted molar refractivity (Wildman–Crippen MR) is 122 cm³/mol. The third-order valence-corrected chi connectivity index (χ3v) is 7.69. The number of piperazine rings is 1. The van der Waals surface area contributed by atoms with Crippen molar-refractivity contribution in [1.82, 2.24) is 9.21 Å². The van der Waals surface area contributed by atoms with E-state index in [1.165, 1.54) is 10.4 Å². The number of ether oxygens (including phenoxy) is 2. The summed E-state index contributed by atoms with van der Waals surface area (Å²) < 4.78 is 38.6. The molecule has 2 heterocycles. The van der Waals surface area contributed by atoms with Gasteiger partial charge in [-0.25, -0.2) is 8.42 Å². The van der Waals surface area contributed by atoms with Crippen LogP contribution in [0.25, 0.3) is 0 Å². The summed E-state index contributed by atoms with van der Waals surface area (Å²) >= 11 is 0. The number of nitrogens with one attached hydrogen (secondary N) is 1. The molecule has 9 heteroatoms. The lowest BCUT2D eigenvalue weighted by atomic mass is 10.1. The minimum absolute atomic E-state index is 0.0943. The normalized spacial score (nSPS) is 17.2. The van der Waals surface area contributed by atoms with E-state index < -0.39 is 10.0 Å². The maximum absolute atomic E-state index is 13.1. The number of rotatable bonds is 5. The number of aryl methyl sites for hydroxylation is 3. The first-order chi connectivity index (χ1) is 15.2. The van der Waals surface area contributed by atoms with E-state index in [1.54, 1.807) is 12.1 Å². The molecule has 4 rings (SSSR count). The number of hydrogen-bond donors (Lipinski definition) is 1. The Morgan fingerprint density at radius 2 is 1.56 bits per heavy atom. The van der Waals surface area contributed by atoms with Crippen molar-refractivity contribution in [1.29, 1.82) is 0 Å². The Balaban J connectivity index is 1.35. The van der Waals surface area contributed by atoms with Gasteiger partial charge in [0, 0.05) is 37.9 Å².